The third kappa shape index (κ3) is 6.49. The Kier molecular flexibility index (Phi) is 8.00. The zero-order valence-corrected chi connectivity index (χ0v) is 15.6. The van der Waals surface area contributed by atoms with Gasteiger partial charge in [0.05, 0.1) is 12.5 Å². The molecule has 1 amide bonds. The first-order chi connectivity index (χ1) is 11.7. The second kappa shape index (κ2) is 10.00. The van der Waals surface area contributed by atoms with E-state index in [1.165, 1.54) is 18.4 Å². The molecule has 1 heterocycles. The van der Waals surface area contributed by atoms with Gasteiger partial charge in [-0.25, -0.2) is 0 Å². The molecule has 0 aromatic heterocycles. The number of hydrogen-bond acceptors (Lipinski definition) is 4. The second-order valence-corrected chi connectivity index (χ2v) is 7.05. The zero-order valence-electron chi connectivity index (χ0n) is 14.8. The van der Waals surface area contributed by atoms with Gasteiger partial charge in [-0.05, 0) is 55.8 Å². The average Bonchev–Trinajstić information content (AvgIpc) is 3.44. The molecular weight excluding hydrogens is 338 g/mol. The van der Waals surface area contributed by atoms with Gasteiger partial charge < -0.3 is 15.8 Å². The van der Waals surface area contributed by atoms with Crippen LogP contribution in [0.3, 0.4) is 0 Å². The van der Waals surface area contributed by atoms with Crippen LogP contribution in [0, 0.1) is 11.8 Å². The molecule has 2 fully saturated rings. The highest BCUT2D eigenvalue weighted by Crippen LogP contribution is 2.29. The molecule has 0 radical (unpaired) electrons. The molecule has 3 N–H and O–H groups in total. The minimum atomic E-state index is 0. The van der Waals surface area contributed by atoms with E-state index >= 15 is 0 Å². The van der Waals surface area contributed by atoms with Crippen molar-refractivity contribution in [3.05, 3.63) is 29.8 Å². The summed E-state index contributed by atoms with van der Waals surface area (Å²) in [5, 5.41) is 2.91. The first kappa shape index (κ1) is 20.0. The summed E-state index contributed by atoms with van der Waals surface area (Å²) in [5.74, 6) is 1.98. The number of amides is 1. The SMILES string of the molecule is Cl.NCCNC(=O)C1CCCN(Cc2ccc(OCC3CC3)cc2)C1. The first-order valence-corrected chi connectivity index (χ1v) is 9.16. The van der Waals surface area contributed by atoms with Gasteiger partial charge >= 0.3 is 0 Å². The van der Waals surface area contributed by atoms with Gasteiger partial charge in [0.2, 0.25) is 5.91 Å². The molecule has 1 atom stereocenters. The second-order valence-electron chi connectivity index (χ2n) is 7.05. The summed E-state index contributed by atoms with van der Waals surface area (Å²) >= 11 is 0. The molecule has 1 aliphatic carbocycles. The highest BCUT2D eigenvalue weighted by Gasteiger charge is 2.25. The van der Waals surface area contributed by atoms with Crippen LogP contribution in [-0.4, -0.2) is 43.6 Å². The Bertz CT molecular complexity index is 534. The molecule has 25 heavy (non-hydrogen) atoms. The lowest BCUT2D eigenvalue weighted by atomic mass is 9.96. The van der Waals surface area contributed by atoms with Crippen LogP contribution in [0.15, 0.2) is 24.3 Å². The number of likely N-dealkylation sites (tertiary alicyclic amines) is 1. The lowest BCUT2D eigenvalue weighted by Gasteiger charge is -2.32. The van der Waals surface area contributed by atoms with Crippen LogP contribution in [-0.2, 0) is 11.3 Å². The van der Waals surface area contributed by atoms with Crippen LogP contribution in [0.5, 0.6) is 5.75 Å². The number of piperidine rings is 1. The fourth-order valence-electron chi connectivity index (χ4n) is 3.20. The third-order valence-corrected chi connectivity index (χ3v) is 4.83. The summed E-state index contributed by atoms with van der Waals surface area (Å²) in [6.45, 7) is 4.70. The van der Waals surface area contributed by atoms with Gasteiger partial charge in [-0.1, -0.05) is 12.1 Å². The van der Waals surface area contributed by atoms with E-state index in [-0.39, 0.29) is 24.2 Å². The molecular formula is C19H30ClN3O2. The van der Waals surface area contributed by atoms with E-state index in [2.05, 4.69) is 34.5 Å². The predicted octanol–water partition coefficient (Wildman–Crippen LogP) is 2.18. The number of benzene rings is 1. The summed E-state index contributed by atoms with van der Waals surface area (Å²) in [4.78, 5) is 14.5. The fraction of sp³-hybridized carbons (Fsp3) is 0.632. The molecule has 5 nitrogen and oxygen atoms in total. The Morgan fingerprint density at radius 3 is 2.68 bits per heavy atom. The van der Waals surface area contributed by atoms with Crippen molar-refractivity contribution >= 4 is 18.3 Å². The zero-order chi connectivity index (χ0) is 16.8. The van der Waals surface area contributed by atoms with Crippen LogP contribution in [0.2, 0.25) is 0 Å². The monoisotopic (exact) mass is 367 g/mol. The number of carbonyl (C=O) groups is 1. The molecule has 3 rings (SSSR count). The Morgan fingerprint density at radius 1 is 1.24 bits per heavy atom. The molecule has 1 unspecified atom stereocenters. The lowest BCUT2D eigenvalue weighted by molar-refractivity contribution is -0.126. The van der Waals surface area contributed by atoms with Crippen LogP contribution in [0.1, 0.15) is 31.2 Å². The third-order valence-electron chi connectivity index (χ3n) is 4.83. The first-order valence-electron chi connectivity index (χ1n) is 9.16. The van der Waals surface area contributed by atoms with Crippen molar-refractivity contribution in [3.8, 4) is 5.75 Å². The van der Waals surface area contributed by atoms with Crippen LogP contribution >= 0.6 is 12.4 Å². The lowest BCUT2D eigenvalue weighted by Crippen LogP contribution is -2.43. The van der Waals surface area contributed by atoms with Crippen molar-refractivity contribution in [2.24, 2.45) is 17.6 Å². The summed E-state index contributed by atoms with van der Waals surface area (Å²) in [6, 6.07) is 8.40. The van der Waals surface area contributed by atoms with Crippen molar-refractivity contribution in [1.29, 1.82) is 0 Å². The van der Waals surface area contributed by atoms with E-state index in [0.717, 1.165) is 50.8 Å². The van der Waals surface area contributed by atoms with E-state index in [4.69, 9.17) is 10.5 Å². The normalized spacial score (nSPS) is 20.6. The smallest absolute Gasteiger partial charge is 0.224 e. The van der Waals surface area contributed by atoms with Crippen LogP contribution in [0.25, 0.3) is 0 Å². The number of nitrogens with two attached hydrogens (primary N) is 1. The topological polar surface area (TPSA) is 67.6 Å². The number of nitrogens with zero attached hydrogens (tertiary/aromatic N) is 1. The number of carbonyl (C=O) groups excluding carboxylic acids is 1. The van der Waals surface area contributed by atoms with Gasteiger partial charge in [0.15, 0.2) is 0 Å². The Labute approximate surface area is 156 Å². The van der Waals surface area contributed by atoms with E-state index < -0.39 is 0 Å². The van der Waals surface area contributed by atoms with E-state index in [0.29, 0.717) is 13.1 Å². The Morgan fingerprint density at radius 2 is 2.00 bits per heavy atom. The predicted molar refractivity (Wildman–Crippen MR) is 102 cm³/mol. The number of rotatable bonds is 8. The molecule has 0 bridgehead atoms. The minimum Gasteiger partial charge on any atom is -0.493 e. The molecule has 0 spiro atoms. The van der Waals surface area contributed by atoms with Crippen molar-refractivity contribution in [2.75, 3.05) is 32.8 Å². The molecule has 1 saturated heterocycles. The fourth-order valence-corrected chi connectivity index (χ4v) is 3.20. The largest absolute Gasteiger partial charge is 0.493 e. The van der Waals surface area contributed by atoms with Crippen LogP contribution in [0.4, 0.5) is 0 Å². The average molecular weight is 368 g/mol. The highest BCUT2D eigenvalue weighted by molar-refractivity contribution is 5.85. The van der Waals surface area contributed by atoms with Crippen molar-refractivity contribution < 1.29 is 9.53 Å². The van der Waals surface area contributed by atoms with Crippen molar-refractivity contribution in [1.82, 2.24) is 10.2 Å². The number of halogens is 1. The highest BCUT2D eigenvalue weighted by atomic mass is 35.5. The van der Waals surface area contributed by atoms with Gasteiger partial charge in [-0.2, -0.15) is 0 Å². The summed E-state index contributed by atoms with van der Waals surface area (Å²) < 4.78 is 5.78. The van der Waals surface area contributed by atoms with E-state index in [1.54, 1.807) is 0 Å². The maximum absolute atomic E-state index is 12.1. The van der Waals surface area contributed by atoms with Gasteiger partial charge in [-0.15, -0.1) is 12.4 Å². The van der Waals surface area contributed by atoms with Crippen molar-refractivity contribution in [2.45, 2.75) is 32.2 Å². The standard InChI is InChI=1S/C19H29N3O2.ClH/c20-9-10-21-19(23)17-2-1-11-22(13-17)12-15-5-7-18(8-6-15)24-14-16-3-4-16;/h5-8,16-17H,1-4,9-14,20H2,(H,21,23);1H. The Hall–Kier alpha value is -1.30. The molecule has 1 aromatic rings. The van der Waals surface area contributed by atoms with Crippen molar-refractivity contribution in [3.63, 3.8) is 0 Å². The molecule has 1 saturated carbocycles. The molecule has 1 aromatic carbocycles. The minimum absolute atomic E-state index is 0. The van der Waals surface area contributed by atoms with Gasteiger partial charge in [0.1, 0.15) is 5.75 Å². The van der Waals surface area contributed by atoms with Gasteiger partial charge in [0.25, 0.3) is 0 Å². The van der Waals surface area contributed by atoms with Crippen LogP contribution < -0.4 is 15.8 Å². The van der Waals surface area contributed by atoms with E-state index in [9.17, 15) is 4.79 Å². The molecule has 6 heteroatoms. The van der Waals surface area contributed by atoms with E-state index in [1.807, 2.05) is 0 Å². The summed E-state index contributed by atoms with van der Waals surface area (Å²) in [6.07, 6.45) is 4.67. The van der Waals surface area contributed by atoms with Gasteiger partial charge in [-0.3, -0.25) is 9.69 Å². The number of ether oxygens (including phenoxy) is 1. The number of hydrogen-bond donors (Lipinski definition) is 2. The molecule has 1 aliphatic heterocycles. The maximum Gasteiger partial charge on any atom is 0.224 e. The summed E-state index contributed by atoms with van der Waals surface area (Å²) in [7, 11) is 0. The quantitative estimate of drug-likeness (QED) is 0.739. The number of nitrogens with one attached hydrogen (secondary N) is 1. The van der Waals surface area contributed by atoms with Gasteiger partial charge in [0, 0.05) is 26.2 Å². The maximum atomic E-state index is 12.1. The molecule has 2 aliphatic rings. The molecule has 140 valence electrons. The Balaban J connectivity index is 0.00000225. The summed E-state index contributed by atoms with van der Waals surface area (Å²) in [5.41, 5.74) is 6.73.